The van der Waals surface area contributed by atoms with Gasteiger partial charge in [-0.15, -0.1) is 0 Å². The van der Waals surface area contributed by atoms with Gasteiger partial charge in [0, 0.05) is 20.3 Å². The molecule has 0 radical (unpaired) electrons. The van der Waals surface area contributed by atoms with Crippen molar-refractivity contribution in [3.63, 3.8) is 0 Å². The molecule has 108 valence electrons. The molecule has 0 saturated heterocycles. The molecule has 0 unspecified atom stereocenters. The fraction of sp³-hybridized carbons (Fsp3) is 0.538. The van der Waals surface area contributed by atoms with Gasteiger partial charge >= 0.3 is 0 Å². The summed E-state index contributed by atoms with van der Waals surface area (Å²) in [6, 6.07) is 5.61. The highest BCUT2D eigenvalue weighted by Gasteiger charge is 2.22. The average Bonchev–Trinajstić information content (AvgIpc) is 2.34. The highest BCUT2D eigenvalue weighted by Crippen LogP contribution is 2.21. The molecule has 6 heteroatoms. The molecule has 0 amide bonds. The number of methoxy groups -OCH3 is 1. The Labute approximate surface area is 114 Å². The lowest BCUT2D eigenvalue weighted by atomic mass is 9.90. The molecule has 19 heavy (non-hydrogen) atoms. The molecule has 0 spiro atoms. The van der Waals surface area contributed by atoms with Crippen LogP contribution in [-0.2, 0) is 14.8 Å². The lowest BCUT2D eigenvalue weighted by Crippen LogP contribution is -2.34. The molecular formula is C13H21NO4S. The number of benzene rings is 1. The van der Waals surface area contributed by atoms with Crippen LogP contribution in [0.25, 0.3) is 0 Å². The number of nitrogens with one attached hydrogen (secondary N) is 1. The second-order valence-electron chi connectivity index (χ2n) is 5.23. The Morgan fingerprint density at radius 2 is 2.05 bits per heavy atom. The molecule has 2 N–H and O–H groups in total. The fourth-order valence-electron chi connectivity index (χ4n) is 1.49. The Morgan fingerprint density at radius 1 is 1.37 bits per heavy atom. The zero-order valence-corrected chi connectivity index (χ0v) is 12.3. The van der Waals surface area contributed by atoms with Crippen LogP contribution in [0.1, 0.15) is 20.3 Å². The monoisotopic (exact) mass is 287 g/mol. The van der Waals surface area contributed by atoms with E-state index in [1.165, 1.54) is 24.3 Å². The summed E-state index contributed by atoms with van der Waals surface area (Å²) in [7, 11) is -1.97. The van der Waals surface area contributed by atoms with Crippen molar-refractivity contribution in [3.05, 3.63) is 24.3 Å². The first-order valence-corrected chi connectivity index (χ1v) is 7.53. The Bertz CT molecular complexity index is 511. The fourth-order valence-corrected chi connectivity index (χ4v) is 2.77. The molecular weight excluding hydrogens is 266 g/mol. The van der Waals surface area contributed by atoms with Gasteiger partial charge in [0.15, 0.2) is 0 Å². The molecule has 1 aromatic carbocycles. The van der Waals surface area contributed by atoms with E-state index in [2.05, 4.69) is 4.72 Å². The lowest BCUT2D eigenvalue weighted by molar-refractivity contribution is 0.153. The molecule has 5 nitrogen and oxygen atoms in total. The average molecular weight is 287 g/mol. The van der Waals surface area contributed by atoms with Crippen LogP contribution in [0, 0.1) is 5.41 Å². The molecule has 1 aromatic rings. The summed E-state index contributed by atoms with van der Waals surface area (Å²) < 4.78 is 31.7. The number of phenols is 1. The van der Waals surface area contributed by atoms with Crippen LogP contribution in [0.5, 0.6) is 5.75 Å². The number of aromatic hydroxyl groups is 1. The molecule has 0 heterocycles. The summed E-state index contributed by atoms with van der Waals surface area (Å²) in [5.41, 5.74) is -0.195. The summed E-state index contributed by atoms with van der Waals surface area (Å²) in [6.07, 6.45) is 0.756. The zero-order valence-electron chi connectivity index (χ0n) is 11.5. The number of hydrogen-bond donors (Lipinski definition) is 2. The maximum atomic E-state index is 12.1. The van der Waals surface area contributed by atoms with Crippen LogP contribution >= 0.6 is 0 Å². The van der Waals surface area contributed by atoms with Crippen molar-refractivity contribution in [3.8, 4) is 5.75 Å². The normalized spacial score (nSPS) is 12.6. The summed E-state index contributed by atoms with van der Waals surface area (Å²) in [6.45, 7) is 4.84. The Hall–Kier alpha value is -1.11. The highest BCUT2D eigenvalue weighted by atomic mass is 32.2. The molecule has 0 aromatic heterocycles. The standard InChI is InChI=1S/C13H21NO4S/c1-13(2,7-8-18-3)10-14-19(16,17)12-6-4-5-11(15)9-12/h4-6,9,14-15H,7-8,10H2,1-3H3. The minimum atomic E-state index is -3.59. The second-order valence-corrected chi connectivity index (χ2v) is 7.00. The first kappa shape index (κ1) is 15.9. The van der Waals surface area contributed by atoms with Gasteiger partial charge in [0.2, 0.25) is 10.0 Å². The summed E-state index contributed by atoms with van der Waals surface area (Å²) >= 11 is 0. The van der Waals surface area contributed by atoms with Crippen molar-refractivity contribution >= 4 is 10.0 Å². The van der Waals surface area contributed by atoms with Crippen molar-refractivity contribution in [2.24, 2.45) is 5.41 Å². The third-order valence-corrected chi connectivity index (χ3v) is 4.25. The minimum absolute atomic E-state index is 0.0649. The molecule has 0 atom stereocenters. The van der Waals surface area contributed by atoms with Crippen molar-refractivity contribution < 1.29 is 18.3 Å². The summed E-state index contributed by atoms with van der Waals surface area (Å²) in [5, 5.41) is 9.31. The van der Waals surface area contributed by atoms with E-state index in [9.17, 15) is 13.5 Å². The quantitative estimate of drug-likeness (QED) is 0.801. The third kappa shape index (κ3) is 5.18. The molecule has 0 bridgehead atoms. The largest absolute Gasteiger partial charge is 0.508 e. The van der Waals surface area contributed by atoms with Crippen LogP contribution < -0.4 is 4.72 Å². The van der Waals surface area contributed by atoms with Crippen molar-refractivity contribution in [2.75, 3.05) is 20.3 Å². The highest BCUT2D eigenvalue weighted by molar-refractivity contribution is 7.89. The minimum Gasteiger partial charge on any atom is -0.508 e. The van der Waals surface area contributed by atoms with E-state index in [0.717, 1.165) is 6.42 Å². The second kappa shape index (κ2) is 6.36. The third-order valence-electron chi connectivity index (χ3n) is 2.85. The molecule has 1 rings (SSSR count). The van der Waals surface area contributed by atoms with Gasteiger partial charge in [-0.25, -0.2) is 13.1 Å². The smallest absolute Gasteiger partial charge is 0.240 e. The van der Waals surface area contributed by atoms with Crippen molar-refractivity contribution in [1.29, 1.82) is 0 Å². The predicted molar refractivity (Wildman–Crippen MR) is 73.6 cm³/mol. The first-order chi connectivity index (χ1) is 8.77. The Balaban J connectivity index is 2.71. The van der Waals surface area contributed by atoms with E-state index >= 15 is 0 Å². The van der Waals surface area contributed by atoms with E-state index in [-0.39, 0.29) is 16.1 Å². The first-order valence-electron chi connectivity index (χ1n) is 6.04. The Morgan fingerprint density at radius 3 is 2.63 bits per heavy atom. The maximum absolute atomic E-state index is 12.1. The van der Waals surface area contributed by atoms with Gasteiger partial charge < -0.3 is 9.84 Å². The van der Waals surface area contributed by atoms with Crippen LogP contribution in [-0.4, -0.2) is 33.8 Å². The number of phenolic OH excluding ortho intramolecular Hbond substituents is 1. The lowest BCUT2D eigenvalue weighted by Gasteiger charge is -2.24. The van der Waals surface area contributed by atoms with Gasteiger partial charge in [0.05, 0.1) is 4.90 Å². The van der Waals surface area contributed by atoms with Gasteiger partial charge in [-0.2, -0.15) is 0 Å². The molecule has 0 aliphatic heterocycles. The Kier molecular flexibility index (Phi) is 5.34. The number of hydrogen-bond acceptors (Lipinski definition) is 4. The molecule has 0 saturated carbocycles. The maximum Gasteiger partial charge on any atom is 0.240 e. The number of ether oxygens (including phenoxy) is 1. The number of rotatable bonds is 7. The SMILES string of the molecule is COCCC(C)(C)CNS(=O)(=O)c1cccc(O)c1. The van der Waals surface area contributed by atoms with Gasteiger partial charge in [-0.1, -0.05) is 19.9 Å². The number of sulfonamides is 1. The van der Waals surface area contributed by atoms with Crippen LogP contribution in [0.2, 0.25) is 0 Å². The summed E-state index contributed by atoms with van der Waals surface area (Å²) in [4.78, 5) is 0.0649. The van der Waals surface area contributed by atoms with E-state index in [0.29, 0.717) is 13.2 Å². The zero-order chi connectivity index (χ0) is 14.5. The van der Waals surface area contributed by atoms with Gasteiger partial charge in [0.1, 0.15) is 5.75 Å². The van der Waals surface area contributed by atoms with E-state index in [1.54, 1.807) is 7.11 Å². The van der Waals surface area contributed by atoms with Gasteiger partial charge in [0.25, 0.3) is 0 Å². The van der Waals surface area contributed by atoms with Crippen LogP contribution in [0.15, 0.2) is 29.2 Å². The van der Waals surface area contributed by atoms with Gasteiger partial charge in [-0.3, -0.25) is 0 Å². The predicted octanol–water partition coefficient (Wildman–Crippen LogP) is 1.73. The molecule has 0 aliphatic rings. The van der Waals surface area contributed by atoms with Crippen molar-refractivity contribution in [2.45, 2.75) is 25.2 Å². The topological polar surface area (TPSA) is 75.6 Å². The van der Waals surface area contributed by atoms with Gasteiger partial charge in [-0.05, 0) is 30.0 Å². The van der Waals surface area contributed by atoms with E-state index in [4.69, 9.17) is 4.74 Å². The molecule has 0 aliphatic carbocycles. The molecule has 0 fully saturated rings. The van der Waals surface area contributed by atoms with E-state index in [1.807, 2.05) is 13.8 Å². The van der Waals surface area contributed by atoms with Crippen LogP contribution in [0.3, 0.4) is 0 Å². The van der Waals surface area contributed by atoms with Crippen molar-refractivity contribution in [1.82, 2.24) is 4.72 Å². The van der Waals surface area contributed by atoms with Crippen LogP contribution in [0.4, 0.5) is 0 Å². The summed E-state index contributed by atoms with van der Waals surface area (Å²) in [5.74, 6) is -0.0680. The van der Waals surface area contributed by atoms with E-state index < -0.39 is 10.0 Å².